The van der Waals surface area contributed by atoms with Gasteiger partial charge in [-0.15, -0.1) is 0 Å². The topological polar surface area (TPSA) is 82.3 Å². The van der Waals surface area contributed by atoms with Gasteiger partial charge in [0.25, 0.3) is 0 Å². The first-order valence-corrected chi connectivity index (χ1v) is 10.4. The Labute approximate surface area is 186 Å². The van der Waals surface area contributed by atoms with Gasteiger partial charge in [0.15, 0.2) is 5.11 Å². The van der Waals surface area contributed by atoms with Crippen molar-refractivity contribution in [2.45, 2.75) is 32.9 Å². The number of aromatic amines is 1. The molecule has 0 aliphatic carbocycles. The predicted molar refractivity (Wildman–Crippen MR) is 125 cm³/mol. The minimum Gasteiger partial charge on any atom is -0.495 e. The van der Waals surface area contributed by atoms with Crippen LogP contribution < -0.4 is 20.3 Å². The number of benzene rings is 1. The minimum atomic E-state index is -0.169. The Morgan fingerprint density at radius 2 is 2.03 bits per heavy atom. The number of hydrogen-bond acceptors (Lipinski definition) is 4. The molecule has 0 bridgehead atoms. The second-order valence-electron chi connectivity index (χ2n) is 7.60. The van der Waals surface area contributed by atoms with Crippen molar-refractivity contribution in [3.05, 3.63) is 71.3 Å². The van der Waals surface area contributed by atoms with Crippen LogP contribution in [-0.4, -0.2) is 28.1 Å². The van der Waals surface area contributed by atoms with Crippen LogP contribution >= 0.6 is 12.2 Å². The second kappa shape index (κ2) is 8.39. The minimum absolute atomic E-state index is 0.120. The molecule has 2 atom stereocenters. The van der Waals surface area contributed by atoms with E-state index in [1.165, 1.54) is 6.92 Å². The fraction of sp³-hybridized carbons (Fsp3) is 0.261. The van der Waals surface area contributed by atoms with Crippen molar-refractivity contribution >= 4 is 34.6 Å². The fourth-order valence-corrected chi connectivity index (χ4v) is 4.48. The zero-order chi connectivity index (χ0) is 22.1. The molecular formula is C23H25N5O2S. The van der Waals surface area contributed by atoms with Crippen LogP contribution in [-0.2, 0) is 4.79 Å². The summed E-state index contributed by atoms with van der Waals surface area (Å²) < 4.78 is 5.42. The van der Waals surface area contributed by atoms with Gasteiger partial charge in [-0.25, -0.2) is 0 Å². The van der Waals surface area contributed by atoms with E-state index in [4.69, 9.17) is 17.0 Å². The van der Waals surface area contributed by atoms with Gasteiger partial charge in [-0.3, -0.25) is 9.78 Å². The number of thiocarbonyl (C=S) groups is 1. The lowest BCUT2D eigenvalue weighted by molar-refractivity contribution is -0.114. The van der Waals surface area contributed by atoms with Crippen molar-refractivity contribution in [2.75, 3.05) is 17.3 Å². The van der Waals surface area contributed by atoms with Crippen LogP contribution in [0, 0.1) is 13.8 Å². The molecule has 160 valence electrons. The van der Waals surface area contributed by atoms with Crippen molar-refractivity contribution in [1.82, 2.24) is 15.3 Å². The number of anilines is 2. The van der Waals surface area contributed by atoms with E-state index in [9.17, 15) is 4.79 Å². The van der Waals surface area contributed by atoms with Gasteiger partial charge in [-0.1, -0.05) is 6.07 Å². The number of aromatic nitrogens is 2. The first-order valence-electron chi connectivity index (χ1n) is 10.0. The molecule has 31 heavy (non-hydrogen) atoms. The number of amides is 1. The third-order valence-electron chi connectivity index (χ3n) is 5.38. The van der Waals surface area contributed by atoms with E-state index in [2.05, 4.69) is 38.5 Å². The maximum absolute atomic E-state index is 11.7. The quantitative estimate of drug-likeness (QED) is 0.522. The molecule has 0 spiro atoms. The maximum Gasteiger partial charge on any atom is 0.221 e. The van der Waals surface area contributed by atoms with Gasteiger partial charge >= 0.3 is 0 Å². The molecule has 1 saturated heterocycles. The monoisotopic (exact) mass is 435 g/mol. The van der Waals surface area contributed by atoms with Gasteiger partial charge < -0.3 is 25.3 Å². The number of carbonyl (C=O) groups excluding carboxylic acids is 1. The number of nitrogens with one attached hydrogen (secondary N) is 3. The molecule has 1 amide bonds. The van der Waals surface area contributed by atoms with Crippen LogP contribution in [0.2, 0.25) is 0 Å². The summed E-state index contributed by atoms with van der Waals surface area (Å²) in [7, 11) is 1.58. The number of rotatable bonds is 5. The molecule has 2 aromatic heterocycles. The first-order chi connectivity index (χ1) is 14.9. The smallest absolute Gasteiger partial charge is 0.221 e. The molecule has 3 N–H and O–H groups in total. The molecule has 1 aliphatic rings. The van der Waals surface area contributed by atoms with Crippen LogP contribution in [0.3, 0.4) is 0 Å². The number of nitrogens with zero attached hydrogens (tertiary/aromatic N) is 2. The van der Waals surface area contributed by atoms with Gasteiger partial charge in [0.2, 0.25) is 5.91 Å². The fourth-order valence-electron chi connectivity index (χ4n) is 4.13. The number of methoxy groups -OCH3 is 1. The lowest BCUT2D eigenvalue weighted by Gasteiger charge is -2.28. The highest BCUT2D eigenvalue weighted by Crippen LogP contribution is 2.44. The van der Waals surface area contributed by atoms with E-state index in [0.29, 0.717) is 16.5 Å². The summed E-state index contributed by atoms with van der Waals surface area (Å²) in [4.78, 5) is 21.8. The molecule has 1 aromatic carbocycles. The lowest BCUT2D eigenvalue weighted by Crippen LogP contribution is -2.29. The van der Waals surface area contributed by atoms with Crippen LogP contribution in [0.15, 0.2) is 48.7 Å². The van der Waals surface area contributed by atoms with Gasteiger partial charge in [0.05, 0.1) is 30.6 Å². The Morgan fingerprint density at radius 3 is 2.65 bits per heavy atom. The molecule has 1 aliphatic heterocycles. The number of hydrogen-bond donors (Lipinski definition) is 3. The van der Waals surface area contributed by atoms with E-state index in [1.807, 2.05) is 43.3 Å². The standard InChI is InChI=1S/C23H25N5O2S/c1-13-11-17(14(2)25-13)22-21(18-7-5-6-10-24-18)27-23(31)28(22)16-8-9-20(30-4)19(12-16)26-15(3)29/h5-12,21-22,25H,1-4H3,(H,26,29)(H,27,31)/t21-,22+/m0/s1. The maximum atomic E-state index is 11.7. The number of ether oxygens (including phenoxy) is 1. The summed E-state index contributed by atoms with van der Waals surface area (Å²) in [5.41, 5.74) is 5.65. The molecular weight excluding hydrogens is 410 g/mol. The zero-order valence-corrected chi connectivity index (χ0v) is 18.7. The SMILES string of the molecule is COc1ccc(N2C(=S)N[C@@H](c3ccccn3)[C@H]2c2cc(C)[nH]c2C)cc1NC(C)=O. The number of carbonyl (C=O) groups is 1. The van der Waals surface area contributed by atoms with Crippen LogP contribution in [0.4, 0.5) is 11.4 Å². The van der Waals surface area contributed by atoms with Crippen LogP contribution in [0.5, 0.6) is 5.75 Å². The van der Waals surface area contributed by atoms with E-state index in [1.54, 1.807) is 13.3 Å². The van der Waals surface area contributed by atoms with Gasteiger partial charge in [0.1, 0.15) is 5.75 Å². The first kappa shape index (κ1) is 20.9. The predicted octanol–water partition coefficient (Wildman–Crippen LogP) is 4.17. The summed E-state index contributed by atoms with van der Waals surface area (Å²) in [6.45, 7) is 5.58. The highest BCUT2D eigenvalue weighted by Gasteiger charge is 2.42. The van der Waals surface area contributed by atoms with Crippen LogP contribution in [0.1, 0.15) is 41.7 Å². The molecule has 7 nitrogen and oxygen atoms in total. The number of aryl methyl sites for hydroxylation is 2. The summed E-state index contributed by atoms with van der Waals surface area (Å²) in [6.07, 6.45) is 1.79. The van der Waals surface area contributed by atoms with Crippen molar-refractivity contribution in [3.63, 3.8) is 0 Å². The third kappa shape index (κ3) is 3.98. The Hall–Kier alpha value is -3.39. The molecule has 1 fully saturated rings. The van der Waals surface area contributed by atoms with E-state index >= 15 is 0 Å². The molecule has 3 aromatic rings. The highest BCUT2D eigenvalue weighted by atomic mass is 32.1. The van der Waals surface area contributed by atoms with Gasteiger partial charge in [0, 0.05) is 30.2 Å². The number of H-pyrrole nitrogens is 1. The van der Waals surface area contributed by atoms with Crippen molar-refractivity contribution < 1.29 is 9.53 Å². The average molecular weight is 436 g/mol. The summed E-state index contributed by atoms with van der Waals surface area (Å²) in [6, 6.07) is 13.4. The summed E-state index contributed by atoms with van der Waals surface area (Å²) in [5, 5.41) is 6.89. The largest absolute Gasteiger partial charge is 0.495 e. The van der Waals surface area contributed by atoms with E-state index < -0.39 is 0 Å². The van der Waals surface area contributed by atoms with Crippen LogP contribution in [0.25, 0.3) is 0 Å². The van der Waals surface area contributed by atoms with Crippen molar-refractivity contribution in [1.29, 1.82) is 0 Å². The summed E-state index contributed by atoms with van der Waals surface area (Å²) in [5.74, 6) is 0.418. The molecule has 0 unspecified atom stereocenters. The normalized spacial score (nSPS) is 18.1. The molecule has 0 radical (unpaired) electrons. The average Bonchev–Trinajstić information content (AvgIpc) is 3.26. The van der Waals surface area contributed by atoms with Crippen molar-refractivity contribution in [3.8, 4) is 5.75 Å². The van der Waals surface area contributed by atoms with E-state index in [-0.39, 0.29) is 18.0 Å². The molecule has 3 heterocycles. The second-order valence-corrected chi connectivity index (χ2v) is 7.98. The lowest BCUT2D eigenvalue weighted by atomic mass is 9.96. The molecule has 4 rings (SSSR count). The molecule has 0 saturated carbocycles. The third-order valence-corrected chi connectivity index (χ3v) is 5.69. The summed E-state index contributed by atoms with van der Waals surface area (Å²) >= 11 is 5.78. The Balaban J connectivity index is 1.84. The number of pyridine rings is 1. The Kier molecular flexibility index (Phi) is 5.65. The van der Waals surface area contributed by atoms with Gasteiger partial charge in [-0.2, -0.15) is 0 Å². The zero-order valence-electron chi connectivity index (χ0n) is 17.9. The molecule has 8 heteroatoms. The van der Waals surface area contributed by atoms with E-state index in [0.717, 1.165) is 28.3 Å². The Bertz CT molecular complexity index is 1130. The highest BCUT2D eigenvalue weighted by molar-refractivity contribution is 7.80. The Morgan fingerprint density at radius 1 is 1.23 bits per heavy atom. The van der Waals surface area contributed by atoms with Gasteiger partial charge in [-0.05, 0) is 68.0 Å². The van der Waals surface area contributed by atoms with Crippen molar-refractivity contribution in [2.24, 2.45) is 0 Å².